The summed E-state index contributed by atoms with van der Waals surface area (Å²) in [4.78, 5) is 34.9. The van der Waals surface area contributed by atoms with Gasteiger partial charge in [0.1, 0.15) is 6.10 Å². The number of aliphatic hydroxyl groups is 1. The van der Waals surface area contributed by atoms with Crippen molar-refractivity contribution in [3.63, 3.8) is 0 Å². The smallest absolute Gasteiger partial charge is 0.358 e. The van der Waals surface area contributed by atoms with E-state index in [9.17, 15) is 19.5 Å². The summed E-state index contributed by atoms with van der Waals surface area (Å²) < 4.78 is 7.43. The zero-order valence-electron chi connectivity index (χ0n) is 15.9. The second kappa shape index (κ2) is 11.7. The summed E-state index contributed by atoms with van der Waals surface area (Å²) in [6, 6.07) is 0. The molecule has 0 aromatic carbocycles. The van der Waals surface area contributed by atoms with Crippen LogP contribution in [0.3, 0.4) is 0 Å². The first-order chi connectivity index (χ1) is 12.8. The van der Waals surface area contributed by atoms with E-state index >= 15 is 0 Å². The summed E-state index contributed by atoms with van der Waals surface area (Å²) >= 11 is 16.6. The number of allylic oxidation sites excluding steroid dienone is 2. The summed E-state index contributed by atoms with van der Waals surface area (Å²) in [6.07, 6.45) is 1.90. The molecule has 0 aliphatic heterocycles. The van der Waals surface area contributed by atoms with Gasteiger partial charge in [0.05, 0.1) is 7.11 Å². The minimum atomic E-state index is -2.39. The lowest BCUT2D eigenvalue weighted by atomic mass is 9.85. The third-order valence-electron chi connectivity index (χ3n) is 4.04. The number of hydrogen-bond acceptors (Lipinski definition) is 6. The number of halogens is 3. The van der Waals surface area contributed by atoms with E-state index in [1.807, 2.05) is 0 Å². The molecule has 7 nitrogen and oxygen atoms in total. The van der Waals surface area contributed by atoms with Gasteiger partial charge in [0.25, 0.3) is 3.79 Å². The second-order valence-corrected chi connectivity index (χ2v) is 8.56. The van der Waals surface area contributed by atoms with Gasteiger partial charge >= 0.3 is 17.9 Å². The molecule has 0 radical (unpaired) electrons. The van der Waals surface area contributed by atoms with Crippen LogP contribution in [-0.4, -0.2) is 50.7 Å². The quantitative estimate of drug-likeness (QED) is 0.276. The average Bonchev–Trinajstić information content (AvgIpc) is 2.61. The van der Waals surface area contributed by atoms with E-state index in [1.165, 1.54) is 6.08 Å². The van der Waals surface area contributed by atoms with Gasteiger partial charge in [0, 0.05) is 6.42 Å². The molecule has 28 heavy (non-hydrogen) atoms. The Morgan fingerprint density at radius 2 is 1.75 bits per heavy atom. The molecule has 0 spiro atoms. The minimum Gasteiger partial charge on any atom is -0.481 e. The zero-order chi connectivity index (χ0) is 22.1. The van der Waals surface area contributed by atoms with Crippen molar-refractivity contribution in [3.8, 4) is 0 Å². The van der Waals surface area contributed by atoms with Crippen molar-refractivity contribution in [1.29, 1.82) is 0 Å². The topological polar surface area (TPSA) is 110 Å². The Balaban J connectivity index is 5.67. The number of hydrogen-bond donors (Lipinski definition) is 2. The highest BCUT2D eigenvalue weighted by Crippen LogP contribution is 2.33. The van der Waals surface area contributed by atoms with Crippen molar-refractivity contribution in [2.75, 3.05) is 7.11 Å². The van der Waals surface area contributed by atoms with Gasteiger partial charge in [-0.25, -0.2) is 9.59 Å². The van der Waals surface area contributed by atoms with Crippen LogP contribution in [0.5, 0.6) is 0 Å². The summed E-state index contributed by atoms with van der Waals surface area (Å²) in [6.45, 7) is 7.14. The van der Waals surface area contributed by atoms with Gasteiger partial charge in [0.15, 0.2) is 0 Å². The molecule has 0 aromatic heterocycles. The zero-order valence-corrected chi connectivity index (χ0v) is 18.2. The molecule has 0 aromatic rings. The van der Waals surface area contributed by atoms with Gasteiger partial charge in [-0.05, 0) is 31.3 Å². The van der Waals surface area contributed by atoms with Crippen molar-refractivity contribution in [2.24, 2.45) is 5.92 Å². The van der Waals surface area contributed by atoms with E-state index in [1.54, 1.807) is 13.8 Å². The molecule has 0 aliphatic rings. The SMILES string of the molecule is C=C(C/C=C/[C@@](O)(C(=O)OC)[C@H](OC(=O)C(Cl)(Cl)Cl)[C@@H](C)CC)CCC(=O)O. The monoisotopic (exact) mass is 458 g/mol. The van der Waals surface area contributed by atoms with Crippen molar-refractivity contribution < 1.29 is 34.1 Å². The highest BCUT2D eigenvalue weighted by Gasteiger charge is 2.49. The van der Waals surface area contributed by atoms with Crippen LogP contribution in [0.25, 0.3) is 0 Å². The van der Waals surface area contributed by atoms with E-state index in [0.717, 1.165) is 13.2 Å². The Hall–Kier alpha value is -1.28. The molecule has 3 atom stereocenters. The number of aliphatic carboxylic acids is 1. The molecule has 0 unspecified atom stereocenters. The lowest BCUT2D eigenvalue weighted by molar-refractivity contribution is -0.183. The second-order valence-electron chi connectivity index (χ2n) is 6.28. The van der Waals surface area contributed by atoms with Gasteiger partial charge in [-0.15, -0.1) is 0 Å². The van der Waals surface area contributed by atoms with Crippen LogP contribution in [0, 0.1) is 5.92 Å². The molecule has 0 bridgehead atoms. The van der Waals surface area contributed by atoms with Crippen LogP contribution in [-0.2, 0) is 23.9 Å². The number of rotatable bonds is 11. The third-order valence-corrected chi connectivity index (χ3v) is 4.51. The lowest BCUT2D eigenvalue weighted by Crippen LogP contribution is -2.54. The van der Waals surface area contributed by atoms with Crippen LogP contribution in [0.4, 0.5) is 0 Å². The number of carboxylic acid groups (broad SMARTS) is 1. The lowest BCUT2D eigenvalue weighted by Gasteiger charge is -2.35. The number of alkyl halides is 3. The summed E-state index contributed by atoms with van der Waals surface area (Å²) in [5.74, 6) is -3.78. The van der Waals surface area contributed by atoms with E-state index in [-0.39, 0.29) is 19.3 Å². The Bertz CT molecular complexity index is 613. The normalized spacial score (nSPS) is 16.1. The molecule has 10 heteroatoms. The van der Waals surface area contributed by atoms with Crippen molar-refractivity contribution in [1.82, 2.24) is 0 Å². The fourth-order valence-electron chi connectivity index (χ4n) is 2.27. The highest BCUT2D eigenvalue weighted by atomic mass is 35.6. The Morgan fingerprint density at radius 1 is 1.18 bits per heavy atom. The molecule has 160 valence electrons. The van der Waals surface area contributed by atoms with Crippen LogP contribution in [0.15, 0.2) is 24.3 Å². The number of esters is 2. The number of carboxylic acids is 1. The fraction of sp³-hybridized carbons (Fsp3) is 0.611. The summed E-state index contributed by atoms with van der Waals surface area (Å²) in [7, 11) is 1.07. The first-order valence-electron chi connectivity index (χ1n) is 8.44. The standard InChI is InChI=1S/C18H25Cl3O7/c1-5-12(3)14(28-16(25)18(19,20)21)17(26,15(24)27-4)10-6-7-11(2)8-9-13(22)23/h6,10,12,14,26H,2,5,7-9H2,1,3-4H3,(H,22,23)/b10-6+/t12-,14+,17-/m0/s1. The maximum atomic E-state index is 12.3. The summed E-state index contributed by atoms with van der Waals surface area (Å²) in [5, 5.41) is 19.7. The van der Waals surface area contributed by atoms with Crippen molar-refractivity contribution >= 4 is 52.7 Å². The maximum absolute atomic E-state index is 12.3. The molecule has 0 rings (SSSR count). The molecular formula is C18H25Cl3O7. The van der Waals surface area contributed by atoms with E-state index in [2.05, 4.69) is 11.3 Å². The first kappa shape index (κ1) is 26.7. The van der Waals surface area contributed by atoms with Gasteiger partial charge < -0.3 is 19.7 Å². The largest absolute Gasteiger partial charge is 0.481 e. The number of carbonyl (C=O) groups excluding carboxylic acids is 2. The average molecular weight is 460 g/mol. The predicted octanol–water partition coefficient (Wildman–Crippen LogP) is 3.59. The fourth-order valence-corrected chi connectivity index (χ4v) is 2.40. The number of carbonyl (C=O) groups is 3. The molecule has 2 N–H and O–H groups in total. The summed E-state index contributed by atoms with van der Waals surface area (Å²) in [5.41, 5.74) is -1.77. The van der Waals surface area contributed by atoms with E-state index < -0.39 is 39.3 Å². The first-order valence-corrected chi connectivity index (χ1v) is 9.57. The van der Waals surface area contributed by atoms with Crippen LogP contribution >= 0.6 is 34.8 Å². The van der Waals surface area contributed by atoms with E-state index in [0.29, 0.717) is 12.0 Å². The third kappa shape index (κ3) is 8.39. The minimum absolute atomic E-state index is 0.0930. The number of ether oxygens (including phenoxy) is 2. The maximum Gasteiger partial charge on any atom is 0.358 e. The molecule has 0 heterocycles. The van der Waals surface area contributed by atoms with Gasteiger partial charge in [0.2, 0.25) is 5.60 Å². The molecular weight excluding hydrogens is 435 g/mol. The Labute approximate surface area is 179 Å². The van der Waals surface area contributed by atoms with Crippen LogP contribution < -0.4 is 0 Å². The van der Waals surface area contributed by atoms with Gasteiger partial charge in [-0.1, -0.05) is 66.9 Å². The molecule has 0 amide bonds. The molecule has 0 aliphatic carbocycles. The van der Waals surface area contributed by atoms with Crippen molar-refractivity contribution in [3.05, 3.63) is 24.3 Å². The number of methoxy groups -OCH3 is 1. The highest BCUT2D eigenvalue weighted by molar-refractivity contribution is 6.75. The Morgan fingerprint density at radius 3 is 2.18 bits per heavy atom. The van der Waals surface area contributed by atoms with Gasteiger partial charge in [-0.3, -0.25) is 4.79 Å². The van der Waals surface area contributed by atoms with Crippen LogP contribution in [0.2, 0.25) is 0 Å². The predicted molar refractivity (Wildman–Crippen MR) is 106 cm³/mol. The molecule has 0 fully saturated rings. The molecule has 0 saturated heterocycles. The Kier molecular flexibility index (Phi) is 11.1. The van der Waals surface area contributed by atoms with Crippen molar-refractivity contribution in [2.45, 2.75) is 55.0 Å². The van der Waals surface area contributed by atoms with Gasteiger partial charge in [-0.2, -0.15) is 0 Å². The molecule has 0 saturated carbocycles. The van der Waals surface area contributed by atoms with Crippen LogP contribution in [0.1, 0.15) is 39.5 Å². The van der Waals surface area contributed by atoms with E-state index in [4.69, 9.17) is 44.6 Å².